The highest BCUT2D eigenvalue weighted by Gasteiger charge is 2.09. The van der Waals surface area contributed by atoms with Crippen LogP contribution in [0.15, 0.2) is 23.7 Å². The second kappa shape index (κ2) is 4.46. The van der Waals surface area contributed by atoms with Crippen LogP contribution in [0.2, 0.25) is 5.02 Å². The lowest BCUT2D eigenvalue weighted by molar-refractivity contribution is 0.102. The maximum absolute atomic E-state index is 11.7. The van der Waals surface area contributed by atoms with Gasteiger partial charge in [-0.25, -0.2) is 0 Å². The predicted molar refractivity (Wildman–Crippen MR) is 63.7 cm³/mol. The van der Waals surface area contributed by atoms with Gasteiger partial charge in [-0.15, -0.1) is 10.2 Å². The molecule has 82 valence electrons. The summed E-state index contributed by atoms with van der Waals surface area (Å²) in [7, 11) is 0. The van der Waals surface area contributed by atoms with Crippen molar-refractivity contribution in [3.8, 4) is 0 Å². The minimum atomic E-state index is -0.292. The van der Waals surface area contributed by atoms with Crippen molar-refractivity contribution < 1.29 is 4.79 Å². The normalized spacial score (nSPS) is 10.1. The van der Waals surface area contributed by atoms with Crippen molar-refractivity contribution >= 4 is 39.7 Å². The standard InChI is InChI=1S/C9H7ClN4OS/c10-6-2-1-5(3-7(6)11)8(15)13-9-14-12-4-16-9/h1-4H,11H2,(H,13,14,15). The van der Waals surface area contributed by atoms with Crippen molar-refractivity contribution in [1.82, 2.24) is 10.2 Å². The van der Waals surface area contributed by atoms with Gasteiger partial charge in [-0.3, -0.25) is 10.1 Å². The molecule has 1 aromatic carbocycles. The SMILES string of the molecule is Nc1cc(C(=O)Nc2nncs2)ccc1Cl. The number of hydrogen-bond acceptors (Lipinski definition) is 5. The molecule has 0 spiro atoms. The predicted octanol–water partition coefficient (Wildman–Crippen LogP) is 2.03. The largest absolute Gasteiger partial charge is 0.398 e. The van der Waals surface area contributed by atoms with Gasteiger partial charge in [-0.2, -0.15) is 0 Å². The number of anilines is 2. The van der Waals surface area contributed by atoms with E-state index in [1.807, 2.05) is 0 Å². The Morgan fingerprint density at radius 1 is 1.50 bits per heavy atom. The molecule has 1 aromatic heterocycles. The number of carbonyl (C=O) groups is 1. The number of halogens is 1. The van der Waals surface area contributed by atoms with Gasteiger partial charge in [-0.1, -0.05) is 22.9 Å². The van der Waals surface area contributed by atoms with Crippen LogP contribution in [0.25, 0.3) is 0 Å². The van der Waals surface area contributed by atoms with Crippen molar-refractivity contribution in [2.75, 3.05) is 11.1 Å². The minimum absolute atomic E-state index is 0.292. The zero-order chi connectivity index (χ0) is 11.5. The van der Waals surface area contributed by atoms with E-state index >= 15 is 0 Å². The lowest BCUT2D eigenvalue weighted by Gasteiger charge is -2.03. The molecule has 0 atom stereocenters. The maximum Gasteiger partial charge on any atom is 0.257 e. The topological polar surface area (TPSA) is 80.9 Å². The lowest BCUT2D eigenvalue weighted by atomic mass is 10.2. The zero-order valence-corrected chi connectivity index (χ0v) is 9.55. The summed E-state index contributed by atoms with van der Waals surface area (Å²) < 4.78 is 0. The Bertz CT molecular complexity index is 514. The second-order valence-corrected chi connectivity index (χ2v) is 4.17. The third-order valence-corrected chi connectivity index (χ3v) is 2.79. The Morgan fingerprint density at radius 3 is 2.94 bits per heavy atom. The van der Waals surface area contributed by atoms with E-state index in [1.54, 1.807) is 12.1 Å². The quantitative estimate of drug-likeness (QED) is 0.804. The first-order valence-corrected chi connectivity index (χ1v) is 5.55. The number of nitrogens with two attached hydrogens (primary N) is 1. The lowest BCUT2D eigenvalue weighted by Crippen LogP contribution is -2.12. The fourth-order valence-corrected chi connectivity index (χ4v) is 1.64. The van der Waals surface area contributed by atoms with E-state index in [9.17, 15) is 4.79 Å². The van der Waals surface area contributed by atoms with Crippen molar-refractivity contribution in [1.29, 1.82) is 0 Å². The Labute approximate surface area is 100 Å². The van der Waals surface area contributed by atoms with Crippen LogP contribution >= 0.6 is 22.9 Å². The molecule has 0 saturated carbocycles. The Morgan fingerprint density at radius 2 is 2.31 bits per heavy atom. The molecular weight excluding hydrogens is 248 g/mol. The minimum Gasteiger partial charge on any atom is -0.398 e. The van der Waals surface area contributed by atoms with Crippen LogP contribution in [0.3, 0.4) is 0 Å². The zero-order valence-electron chi connectivity index (χ0n) is 7.98. The van der Waals surface area contributed by atoms with Gasteiger partial charge in [-0.05, 0) is 18.2 Å². The summed E-state index contributed by atoms with van der Waals surface area (Å²) in [5.41, 5.74) is 7.92. The van der Waals surface area contributed by atoms with Crippen LogP contribution in [0.5, 0.6) is 0 Å². The van der Waals surface area contributed by atoms with E-state index in [2.05, 4.69) is 15.5 Å². The second-order valence-electron chi connectivity index (χ2n) is 2.93. The van der Waals surface area contributed by atoms with Crippen LogP contribution in [-0.4, -0.2) is 16.1 Å². The van der Waals surface area contributed by atoms with Crippen molar-refractivity contribution in [2.45, 2.75) is 0 Å². The summed E-state index contributed by atoms with van der Waals surface area (Å²) in [5, 5.41) is 10.8. The first-order chi connectivity index (χ1) is 7.66. The van der Waals surface area contributed by atoms with Crippen LogP contribution in [0.4, 0.5) is 10.8 Å². The van der Waals surface area contributed by atoms with E-state index < -0.39 is 0 Å². The van der Waals surface area contributed by atoms with E-state index in [0.29, 0.717) is 21.4 Å². The summed E-state index contributed by atoms with van der Waals surface area (Å²) in [4.78, 5) is 11.7. The number of nitrogens with one attached hydrogen (secondary N) is 1. The van der Waals surface area contributed by atoms with Gasteiger partial charge in [0.25, 0.3) is 5.91 Å². The van der Waals surface area contributed by atoms with Gasteiger partial charge < -0.3 is 5.73 Å². The summed E-state index contributed by atoms with van der Waals surface area (Å²) in [6, 6.07) is 4.68. The summed E-state index contributed by atoms with van der Waals surface area (Å²) in [6.45, 7) is 0. The van der Waals surface area contributed by atoms with Crippen molar-refractivity contribution in [3.05, 3.63) is 34.3 Å². The molecule has 0 radical (unpaired) electrons. The fraction of sp³-hybridized carbons (Fsp3) is 0. The highest BCUT2D eigenvalue weighted by molar-refractivity contribution is 7.13. The smallest absolute Gasteiger partial charge is 0.257 e. The first-order valence-electron chi connectivity index (χ1n) is 4.29. The number of nitrogens with zero attached hydrogens (tertiary/aromatic N) is 2. The molecule has 2 aromatic rings. The number of aromatic nitrogens is 2. The average molecular weight is 255 g/mol. The monoisotopic (exact) mass is 254 g/mol. The molecule has 7 heteroatoms. The van der Waals surface area contributed by atoms with Crippen LogP contribution in [0.1, 0.15) is 10.4 Å². The highest BCUT2D eigenvalue weighted by atomic mass is 35.5. The summed E-state index contributed by atoms with van der Waals surface area (Å²) >= 11 is 6.99. The molecular formula is C9H7ClN4OS. The average Bonchev–Trinajstić information content (AvgIpc) is 2.74. The molecule has 0 unspecified atom stereocenters. The molecule has 0 aliphatic carbocycles. The van der Waals surface area contributed by atoms with Gasteiger partial charge >= 0.3 is 0 Å². The van der Waals surface area contributed by atoms with Gasteiger partial charge in [0.2, 0.25) is 5.13 Å². The number of amides is 1. The molecule has 3 N–H and O–H groups in total. The summed E-state index contributed by atoms with van der Waals surface area (Å²) in [6.07, 6.45) is 0. The number of carbonyl (C=O) groups excluding carboxylic acids is 1. The molecule has 16 heavy (non-hydrogen) atoms. The number of hydrogen-bond donors (Lipinski definition) is 2. The molecule has 2 rings (SSSR count). The Balaban J connectivity index is 2.18. The number of rotatable bonds is 2. The fourth-order valence-electron chi connectivity index (χ4n) is 1.08. The van der Waals surface area contributed by atoms with E-state index in [4.69, 9.17) is 17.3 Å². The van der Waals surface area contributed by atoms with Crippen molar-refractivity contribution in [2.24, 2.45) is 0 Å². The van der Waals surface area contributed by atoms with Crippen LogP contribution < -0.4 is 11.1 Å². The highest BCUT2D eigenvalue weighted by Crippen LogP contribution is 2.20. The van der Waals surface area contributed by atoms with E-state index in [-0.39, 0.29) is 5.91 Å². The van der Waals surface area contributed by atoms with Crippen LogP contribution in [-0.2, 0) is 0 Å². The third-order valence-electron chi connectivity index (χ3n) is 1.84. The molecule has 0 bridgehead atoms. The molecule has 1 heterocycles. The van der Waals surface area contributed by atoms with Gasteiger partial charge in [0, 0.05) is 5.56 Å². The summed E-state index contributed by atoms with van der Waals surface area (Å²) in [5.74, 6) is -0.292. The Kier molecular flexibility index (Phi) is 3.02. The first kappa shape index (κ1) is 10.8. The van der Waals surface area contributed by atoms with Gasteiger partial charge in [0.1, 0.15) is 5.51 Å². The maximum atomic E-state index is 11.7. The Hall–Kier alpha value is -1.66. The van der Waals surface area contributed by atoms with Crippen LogP contribution in [0, 0.1) is 0 Å². The molecule has 0 saturated heterocycles. The molecule has 5 nitrogen and oxygen atoms in total. The number of nitrogen functional groups attached to an aromatic ring is 1. The third kappa shape index (κ3) is 2.29. The molecule has 0 aliphatic rings. The molecule has 1 amide bonds. The molecule has 0 aliphatic heterocycles. The van der Waals surface area contributed by atoms with Gasteiger partial charge in [0.05, 0.1) is 10.7 Å². The number of benzene rings is 1. The van der Waals surface area contributed by atoms with E-state index in [1.165, 1.54) is 22.9 Å². The van der Waals surface area contributed by atoms with Crippen molar-refractivity contribution in [3.63, 3.8) is 0 Å². The molecule has 0 fully saturated rings. The van der Waals surface area contributed by atoms with Gasteiger partial charge in [0.15, 0.2) is 0 Å². The van der Waals surface area contributed by atoms with E-state index in [0.717, 1.165) is 0 Å².